The Kier molecular flexibility index (Phi) is 7.28. The first-order valence-corrected chi connectivity index (χ1v) is 13.1. The van der Waals surface area contributed by atoms with Crippen molar-refractivity contribution in [2.24, 2.45) is 17.8 Å². The second-order valence-corrected chi connectivity index (χ2v) is 11.1. The number of nitrogens with zero attached hydrogens (tertiary/aromatic N) is 2. The molecule has 2 saturated heterocycles. The van der Waals surface area contributed by atoms with Gasteiger partial charge in [-0.05, 0) is 50.4 Å². The number of guanidine groups is 1. The van der Waals surface area contributed by atoms with Crippen LogP contribution in [0.15, 0.2) is 12.3 Å². The largest absolute Gasteiger partial charge is 0.376 e. The van der Waals surface area contributed by atoms with Crippen molar-refractivity contribution in [2.45, 2.75) is 102 Å². The van der Waals surface area contributed by atoms with Gasteiger partial charge in [0.05, 0.1) is 0 Å². The first-order chi connectivity index (χ1) is 15.0. The number of likely N-dealkylation sites (tertiary alicyclic amines) is 1. The lowest BCUT2D eigenvalue weighted by atomic mass is 9.73. The third-order valence-electron chi connectivity index (χ3n) is 8.60. The molecule has 4 rings (SSSR count). The molecule has 5 nitrogen and oxygen atoms in total. The Bertz CT molecular complexity index is 634. The minimum Gasteiger partial charge on any atom is -0.376 e. The predicted octanol–water partition coefficient (Wildman–Crippen LogP) is 5.28. The Morgan fingerprint density at radius 2 is 1.45 bits per heavy atom. The van der Waals surface area contributed by atoms with Crippen molar-refractivity contribution in [3.8, 4) is 0 Å². The average Bonchev–Trinajstić information content (AvgIpc) is 2.99. The number of piperidine rings is 1. The Morgan fingerprint density at radius 1 is 0.935 bits per heavy atom. The molecule has 2 aliphatic carbocycles. The van der Waals surface area contributed by atoms with E-state index in [9.17, 15) is 4.79 Å². The van der Waals surface area contributed by atoms with Crippen molar-refractivity contribution in [1.29, 1.82) is 5.41 Å². The van der Waals surface area contributed by atoms with Crippen LogP contribution in [0.5, 0.6) is 0 Å². The van der Waals surface area contributed by atoms with Crippen molar-refractivity contribution in [3.63, 3.8) is 0 Å². The van der Waals surface area contributed by atoms with E-state index in [-0.39, 0.29) is 5.91 Å². The second kappa shape index (κ2) is 9.95. The highest BCUT2D eigenvalue weighted by atomic mass is 16.2. The average molecular weight is 429 g/mol. The Hall–Kier alpha value is -1.52. The van der Waals surface area contributed by atoms with Crippen LogP contribution in [0.3, 0.4) is 0 Å². The molecule has 0 aromatic rings. The van der Waals surface area contributed by atoms with Crippen LogP contribution in [0.1, 0.15) is 96.8 Å². The van der Waals surface area contributed by atoms with E-state index in [1.165, 1.54) is 64.2 Å². The summed E-state index contributed by atoms with van der Waals surface area (Å²) in [6.45, 7) is 8.92. The van der Waals surface area contributed by atoms with Gasteiger partial charge in [0, 0.05) is 25.3 Å². The van der Waals surface area contributed by atoms with Crippen molar-refractivity contribution in [3.05, 3.63) is 12.3 Å². The number of amides is 1. The smallest absolute Gasteiger partial charge is 0.255 e. The molecule has 4 fully saturated rings. The monoisotopic (exact) mass is 428 g/mol. The van der Waals surface area contributed by atoms with E-state index in [2.05, 4.69) is 23.7 Å². The fourth-order valence-electron chi connectivity index (χ4n) is 6.77. The summed E-state index contributed by atoms with van der Waals surface area (Å²) in [4.78, 5) is 18.1. The molecule has 2 saturated carbocycles. The third-order valence-corrected chi connectivity index (χ3v) is 8.60. The molecule has 0 spiro atoms. The maximum Gasteiger partial charge on any atom is 0.255 e. The maximum atomic E-state index is 13.9. The predicted molar refractivity (Wildman–Crippen MR) is 127 cm³/mol. The van der Waals surface area contributed by atoms with Crippen molar-refractivity contribution in [2.75, 3.05) is 19.6 Å². The maximum absolute atomic E-state index is 13.9. The molecule has 0 bridgehead atoms. The van der Waals surface area contributed by atoms with Crippen LogP contribution in [0, 0.1) is 23.2 Å². The molecule has 31 heavy (non-hydrogen) atoms. The summed E-state index contributed by atoms with van der Waals surface area (Å²) in [5.74, 6) is 2.36. The van der Waals surface area contributed by atoms with Crippen molar-refractivity contribution < 1.29 is 4.79 Å². The summed E-state index contributed by atoms with van der Waals surface area (Å²) in [6.07, 6.45) is 17.0. The zero-order valence-corrected chi connectivity index (χ0v) is 19.8. The molecule has 0 atom stereocenters. The summed E-state index contributed by atoms with van der Waals surface area (Å²) < 4.78 is 0. The minimum absolute atomic E-state index is 0.218. The second-order valence-electron chi connectivity index (χ2n) is 11.1. The van der Waals surface area contributed by atoms with Gasteiger partial charge in [-0.25, -0.2) is 0 Å². The van der Waals surface area contributed by atoms with Crippen LogP contribution in [0.25, 0.3) is 0 Å². The molecule has 1 amide bonds. The Balaban J connectivity index is 1.45. The van der Waals surface area contributed by atoms with Gasteiger partial charge in [-0.15, -0.1) is 0 Å². The molecule has 4 aliphatic rings. The van der Waals surface area contributed by atoms with E-state index in [4.69, 9.17) is 5.41 Å². The zero-order chi connectivity index (χ0) is 21.8. The van der Waals surface area contributed by atoms with Gasteiger partial charge < -0.3 is 10.2 Å². The molecule has 174 valence electrons. The van der Waals surface area contributed by atoms with Gasteiger partial charge in [-0.1, -0.05) is 70.8 Å². The van der Waals surface area contributed by atoms with Crippen LogP contribution in [0.4, 0.5) is 0 Å². The van der Waals surface area contributed by atoms with Gasteiger partial charge in [0.15, 0.2) is 5.96 Å². The Morgan fingerprint density at radius 3 is 1.94 bits per heavy atom. The molecule has 0 unspecified atom stereocenters. The fraction of sp³-hybridized carbons (Fsp3) is 0.846. The first kappa shape index (κ1) is 22.7. The van der Waals surface area contributed by atoms with Gasteiger partial charge in [0.25, 0.3) is 5.91 Å². The van der Waals surface area contributed by atoms with Gasteiger partial charge >= 0.3 is 0 Å². The number of rotatable bonds is 7. The number of hydrogen-bond donors (Lipinski definition) is 2. The summed E-state index contributed by atoms with van der Waals surface area (Å²) in [6, 6.07) is 0. The van der Waals surface area contributed by atoms with Crippen LogP contribution in [-0.4, -0.2) is 46.8 Å². The van der Waals surface area contributed by atoms with E-state index in [1.807, 2.05) is 4.90 Å². The number of nitrogens with one attached hydrogen (secondary N) is 2. The van der Waals surface area contributed by atoms with Crippen molar-refractivity contribution in [1.82, 2.24) is 15.1 Å². The Labute approximate surface area is 189 Å². The number of allylic oxidation sites excluding steroid dienone is 1. The van der Waals surface area contributed by atoms with E-state index in [0.717, 1.165) is 44.5 Å². The normalized spacial score (nSPS) is 26.4. The topological polar surface area (TPSA) is 59.4 Å². The van der Waals surface area contributed by atoms with Gasteiger partial charge in [-0.3, -0.25) is 15.1 Å². The highest BCUT2D eigenvalue weighted by Gasteiger charge is 2.51. The third kappa shape index (κ3) is 5.28. The van der Waals surface area contributed by atoms with Gasteiger partial charge in [0.2, 0.25) is 0 Å². The molecule has 2 N–H and O–H groups in total. The summed E-state index contributed by atoms with van der Waals surface area (Å²) in [5.41, 5.74) is 0.628. The van der Waals surface area contributed by atoms with Crippen LogP contribution in [0.2, 0.25) is 0 Å². The lowest BCUT2D eigenvalue weighted by molar-refractivity contribution is -0.133. The number of carbonyl (C=O) groups is 1. The van der Waals surface area contributed by atoms with E-state index in [1.54, 1.807) is 0 Å². The lowest BCUT2D eigenvalue weighted by Crippen LogP contribution is -2.50. The van der Waals surface area contributed by atoms with Crippen LogP contribution < -0.4 is 5.32 Å². The molecular formula is C26H44N4O. The van der Waals surface area contributed by atoms with E-state index < -0.39 is 5.54 Å². The molecule has 0 aromatic carbocycles. The first-order valence-electron chi connectivity index (χ1n) is 13.1. The molecule has 2 aliphatic heterocycles. The summed E-state index contributed by atoms with van der Waals surface area (Å²) in [5, 5.41) is 12.2. The SMILES string of the molecule is C=C(C)N1CCC(CN2C(=N)NC(CC3CCCCC3)(CC3CCCCC3)C2=O)CC1. The minimum atomic E-state index is -0.514. The zero-order valence-electron chi connectivity index (χ0n) is 19.8. The van der Waals surface area contributed by atoms with Crippen molar-refractivity contribution >= 4 is 11.9 Å². The standard InChI is InChI=1S/C26H44N4O/c1-20(2)29-15-13-23(14-16-29)19-30-24(31)26(28-25(30)27,17-21-9-5-3-6-10-21)18-22-11-7-4-8-12-22/h21-23H,1,3-19H2,2H3,(H2,27,28). The van der Waals surface area contributed by atoms with E-state index >= 15 is 0 Å². The van der Waals surface area contributed by atoms with Gasteiger partial charge in [-0.2, -0.15) is 0 Å². The highest BCUT2D eigenvalue weighted by molar-refractivity contribution is 6.08. The summed E-state index contributed by atoms with van der Waals surface area (Å²) >= 11 is 0. The fourth-order valence-corrected chi connectivity index (χ4v) is 6.77. The molecule has 0 aromatic heterocycles. The molecular weight excluding hydrogens is 384 g/mol. The highest BCUT2D eigenvalue weighted by Crippen LogP contribution is 2.40. The summed E-state index contributed by atoms with van der Waals surface area (Å²) in [7, 11) is 0. The number of carbonyl (C=O) groups excluding carboxylic acids is 1. The molecule has 0 radical (unpaired) electrons. The molecule has 5 heteroatoms. The molecule has 2 heterocycles. The number of hydrogen-bond acceptors (Lipinski definition) is 3. The van der Waals surface area contributed by atoms with Crippen LogP contribution >= 0.6 is 0 Å². The quantitative estimate of drug-likeness (QED) is 0.580. The van der Waals surface area contributed by atoms with Gasteiger partial charge in [0.1, 0.15) is 5.54 Å². The van der Waals surface area contributed by atoms with Crippen LogP contribution in [-0.2, 0) is 4.79 Å². The lowest BCUT2D eigenvalue weighted by Gasteiger charge is -2.37. The van der Waals surface area contributed by atoms with E-state index in [0.29, 0.717) is 30.3 Å².